The van der Waals surface area contributed by atoms with Crippen molar-refractivity contribution in [3.05, 3.63) is 29.1 Å². The topological polar surface area (TPSA) is 79.3 Å². The van der Waals surface area contributed by atoms with Crippen molar-refractivity contribution >= 4 is 11.9 Å². The summed E-state index contributed by atoms with van der Waals surface area (Å²) in [5.41, 5.74) is -2.42. The van der Waals surface area contributed by atoms with Crippen LogP contribution < -0.4 is 5.32 Å². The smallest absolute Gasteiger partial charge is 0.411 e. The minimum Gasteiger partial charge on any atom is -0.478 e. The second-order valence-corrected chi connectivity index (χ2v) is 4.67. The summed E-state index contributed by atoms with van der Waals surface area (Å²) in [4.78, 5) is 26.3. The molecule has 1 amide bonds. The number of aromatic carboxylic acids is 1. The number of halogens is 3. The highest BCUT2D eigenvalue weighted by atomic mass is 19.4. The number of pyridine rings is 1. The molecule has 1 fully saturated rings. The van der Waals surface area contributed by atoms with Crippen LogP contribution in [0.2, 0.25) is 0 Å². The zero-order chi connectivity index (χ0) is 15.1. The van der Waals surface area contributed by atoms with Gasteiger partial charge < -0.3 is 10.4 Å². The second-order valence-electron chi connectivity index (χ2n) is 4.67. The number of carbonyl (C=O) groups is 2. The molecule has 0 radical (unpaired) electrons. The molecule has 1 saturated carbocycles. The van der Waals surface area contributed by atoms with Crippen molar-refractivity contribution in [2.45, 2.75) is 31.5 Å². The molecule has 0 saturated heterocycles. The maximum Gasteiger partial charge on any atom is 0.411 e. The lowest BCUT2D eigenvalue weighted by Crippen LogP contribution is -2.48. The first kappa shape index (κ1) is 14.3. The predicted molar refractivity (Wildman–Crippen MR) is 61.4 cm³/mol. The van der Waals surface area contributed by atoms with E-state index in [2.05, 4.69) is 4.98 Å². The Morgan fingerprint density at radius 2 is 1.95 bits per heavy atom. The van der Waals surface area contributed by atoms with Gasteiger partial charge in [-0.2, -0.15) is 13.2 Å². The van der Waals surface area contributed by atoms with Crippen molar-refractivity contribution in [1.82, 2.24) is 10.3 Å². The van der Waals surface area contributed by atoms with Crippen molar-refractivity contribution in [2.24, 2.45) is 0 Å². The summed E-state index contributed by atoms with van der Waals surface area (Å²) in [5, 5.41) is 10.7. The molecule has 5 nitrogen and oxygen atoms in total. The number of nitrogens with zero attached hydrogens (tertiary/aromatic N) is 1. The van der Waals surface area contributed by atoms with Crippen LogP contribution in [0.5, 0.6) is 0 Å². The zero-order valence-corrected chi connectivity index (χ0v) is 10.4. The van der Waals surface area contributed by atoms with Crippen molar-refractivity contribution in [3.8, 4) is 0 Å². The highest BCUT2D eigenvalue weighted by Gasteiger charge is 2.64. The number of amides is 1. The largest absolute Gasteiger partial charge is 0.478 e. The fourth-order valence-corrected chi connectivity index (χ4v) is 1.80. The summed E-state index contributed by atoms with van der Waals surface area (Å²) in [5.74, 6) is -2.17. The lowest BCUT2D eigenvalue weighted by molar-refractivity contribution is -0.163. The number of nitrogens with one attached hydrogen (secondary N) is 1. The molecule has 0 aliphatic heterocycles. The van der Waals surface area contributed by atoms with E-state index in [0.717, 1.165) is 12.1 Å². The minimum absolute atomic E-state index is 0.0713. The third-order valence-corrected chi connectivity index (χ3v) is 3.19. The molecule has 0 aromatic carbocycles. The number of carboxylic acids is 1. The van der Waals surface area contributed by atoms with Gasteiger partial charge in [0.15, 0.2) is 0 Å². The molecule has 1 aromatic heterocycles. The van der Waals surface area contributed by atoms with Crippen LogP contribution in [0.25, 0.3) is 0 Å². The van der Waals surface area contributed by atoms with Gasteiger partial charge in [0.1, 0.15) is 11.2 Å². The molecule has 0 spiro atoms. The second kappa shape index (κ2) is 4.46. The highest BCUT2D eigenvalue weighted by molar-refractivity contribution is 5.95. The number of rotatable bonds is 3. The summed E-state index contributed by atoms with van der Waals surface area (Å²) in [6.07, 6.45) is -4.82. The van der Waals surface area contributed by atoms with Crippen LogP contribution in [0.4, 0.5) is 13.2 Å². The fraction of sp³-hybridized carbons (Fsp3) is 0.417. The summed E-state index contributed by atoms with van der Waals surface area (Å²) in [6.45, 7) is 1.37. The molecule has 108 valence electrons. The van der Waals surface area contributed by atoms with Crippen LogP contribution in [0, 0.1) is 6.92 Å². The number of aromatic nitrogens is 1. The molecular formula is C12H11F3N2O3. The standard InChI is InChI=1S/C12H11F3N2O3/c1-6-7(10(19)20)2-3-8(16-6)9(18)17-11(4-5-11)12(13,14)15/h2-3H,4-5H2,1H3,(H,17,18)(H,19,20). The Labute approximate surface area is 111 Å². The van der Waals surface area contributed by atoms with Crippen LogP contribution in [-0.2, 0) is 0 Å². The molecule has 1 aliphatic rings. The average molecular weight is 288 g/mol. The first-order valence-electron chi connectivity index (χ1n) is 5.76. The van der Waals surface area contributed by atoms with E-state index in [-0.39, 0.29) is 29.8 Å². The first-order valence-corrected chi connectivity index (χ1v) is 5.76. The van der Waals surface area contributed by atoms with E-state index >= 15 is 0 Å². The summed E-state index contributed by atoms with van der Waals surface area (Å²) in [7, 11) is 0. The number of carbonyl (C=O) groups excluding carboxylic acids is 1. The van der Waals surface area contributed by atoms with Crippen LogP contribution in [0.1, 0.15) is 39.4 Å². The van der Waals surface area contributed by atoms with E-state index in [1.807, 2.05) is 5.32 Å². The summed E-state index contributed by atoms with van der Waals surface area (Å²) in [6, 6.07) is 2.24. The van der Waals surface area contributed by atoms with Gasteiger partial charge in [0.25, 0.3) is 5.91 Å². The van der Waals surface area contributed by atoms with Gasteiger partial charge >= 0.3 is 12.1 Å². The van der Waals surface area contributed by atoms with Crippen LogP contribution >= 0.6 is 0 Å². The van der Waals surface area contributed by atoms with Gasteiger partial charge in [0, 0.05) is 0 Å². The van der Waals surface area contributed by atoms with Crippen molar-refractivity contribution in [2.75, 3.05) is 0 Å². The third-order valence-electron chi connectivity index (χ3n) is 3.19. The van der Waals surface area contributed by atoms with Crippen molar-refractivity contribution in [1.29, 1.82) is 0 Å². The molecule has 0 unspecified atom stereocenters. The van der Waals surface area contributed by atoms with Crippen LogP contribution in [0.3, 0.4) is 0 Å². The number of alkyl halides is 3. The maximum absolute atomic E-state index is 12.7. The Hall–Kier alpha value is -2.12. The molecule has 1 aromatic rings. The van der Waals surface area contributed by atoms with E-state index in [4.69, 9.17) is 5.11 Å². The summed E-state index contributed by atoms with van der Waals surface area (Å²) < 4.78 is 38.1. The quantitative estimate of drug-likeness (QED) is 0.890. The van der Waals surface area contributed by atoms with E-state index in [1.54, 1.807) is 0 Å². The number of hydrogen-bond donors (Lipinski definition) is 2. The first-order chi connectivity index (χ1) is 9.16. The summed E-state index contributed by atoms with van der Waals surface area (Å²) >= 11 is 0. The Balaban J connectivity index is 2.19. The molecular weight excluding hydrogens is 277 g/mol. The lowest BCUT2D eigenvalue weighted by Gasteiger charge is -2.20. The monoisotopic (exact) mass is 288 g/mol. The van der Waals surface area contributed by atoms with Gasteiger partial charge in [0.05, 0.1) is 11.3 Å². The fourth-order valence-electron chi connectivity index (χ4n) is 1.80. The van der Waals surface area contributed by atoms with E-state index in [1.165, 1.54) is 6.92 Å². The van der Waals surface area contributed by atoms with Gasteiger partial charge in [-0.3, -0.25) is 4.79 Å². The van der Waals surface area contributed by atoms with E-state index in [9.17, 15) is 22.8 Å². The number of aryl methyl sites for hydroxylation is 1. The molecule has 1 aliphatic carbocycles. The lowest BCUT2D eigenvalue weighted by atomic mass is 10.1. The van der Waals surface area contributed by atoms with Crippen LogP contribution in [0.15, 0.2) is 12.1 Å². The Morgan fingerprint density at radius 3 is 2.35 bits per heavy atom. The Morgan fingerprint density at radius 1 is 1.35 bits per heavy atom. The molecule has 1 heterocycles. The van der Waals surface area contributed by atoms with Gasteiger partial charge in [-0.05, 0) is 31.9 Å². The van der Waals surface area contributed by atoms with Gasteiger partial charge in [0.2, 0.25) is 0 Å². The van der Waals surface area contributed by atoms with Crippen LogP contribution in [-0.4, -0.2) is 33.7 Å². The van der Waals surface area contributed by atoms with Crippen molar-refractivity contribution < 1.29 is 27.9 Å². The third kappa shape index (κ3) is 2.45. The highest BCUT2D eigenvalue weighted by Crippen LogP contribution is 2.48. The maximum atomic E-state index is 12.7. The molecule has 0 atom stereocenters. The molecule has 2 rings (SSSR count). The van der Waals surface area contributed by atoms with Gasteiger partial charge in [-0.25, -0.2) is 9.78 Å². The molecule has 20 heavy (non-hydrogen) atoms. The normalized spacial score (nSPS) is 16.6. The van der Waals surface area contributed by atoms with Crippen molar-refractivity contribution in [3.63, 3.8) is 0 Å². The Kier molecular flexibility index (Phi) is 3.19. The SMILES string of the molecule is Cc1nc(C(=O)NC2(C(F)(F)F)CC2)ccc1C(=O)O. The minimum atomic E-state index is -4.50. The average Bonchev–Trinajstić information content (AvgIpc) is 3.08. The van der Waals surface area contributed by atoms with Gasteiger partial charge in [-0.1, -0.05) is 0 Å². The number of hydrogen-bond acceptors (Lipinski definition) is 3. The van der Waals surface area contributed by atoms with E-state index in [0.29, 0.717) is 0 Å². The van der Waals surface area contributed by atoms with Gasteiger partial charge in [-0.15, -0.1) is 0 Å². The predicted octanol–water partition coefficient (Wildman–Crippen LogP) is 1.91. The number of carboxylic acid groups (broad SMARTS) is 1. The van der Waals surface area contributed by atoms with E-state index < -0.39 is 23.6 Å². The zero-order valence-electron chi connectivity index (χ0n) is 10.4. The molecule has 8 heteroatoms. The Bertz CT molecular complexity index is 580. The molecule has 2 N–H and O–H groups in total. The molecule has 0 bridgehead atoms.